The standard InChI is InChI=1S/C37H35N5O4S/c1-41(2)21-6-8-25-14-17-28(18-15-25)46-23-7-10-27-16-19-33(39-34(27)36(44)45)42-22-20-26-9-5-11-29(30(26)24-42)35(43)40-37-38-31-12-3-4-13-32(31)47-37/h3-5,9,11-19H,7,10,20-24H2,1-2H3,(H,44,45)(H,38,40,43). The van der Waals surface area contributed by atoms with Gasteiger partial charge < -0.3 is 14.7 Å². The summed E-state index contributed by atoms with van der Waals surface area (Å²) in [6, 6.07) is 24.9. The van der Waals surface area contributed by atoms with Crippen LogP contribution in [0.1, 0.15) is 49.5 Å². The lowest BCUT2D eigenvalue weighted by Gasteiger charge is -2.31. The molecule has 0 saturated carbocycles. The molecule has 1 aliphatic rings. The van der Waals surface area contributed by atoms with Crippen LogP contribution in [0.3, 0.4) is 0 Å². The van der Waals surface area contributed by atoms with Gasteiger partial charge in [0.05, 0.1) is 23.4 Å². The van der Waals surface area contributed by atoms with Crippen molar-refractivity contribution in [3.05, 3.63) is 112 Å². The molecule has 6 rings (SSSR count). The molecule has 3 heterocycles. The number of aryl methyl sites for hydroxylation is 1. The van der Waals surface area contributed by atoms with Crippen LogP contribution in [-0.4, -0.2) is 65.6 Å². The molecule has 0 unspecified atom stereocenters. The SMILES string of the molecule is CN(C)CC#Cc1ccc(OCCCc2ccc(N3CCc4cccc(C(=O)Nc5nc6ccccc6s5)c4C3)nc2C(=O)O)cc1. The van der Waals surface area contributed by atoms with Gasteiger partial charge in [-0.3, -0.25) is 15.0 Å². The fraction of sp³-hybridized carbons (Fsp3) is 0.243. The van der Waals surface area contributed by atoms with E-state index in [1.807, 2.05) is 103 Å². The van der Waals surface area contributed by atoms with E-state index in [4.69, 9.17) is 4.74 Å². The van der Waals surface area contributed by atoms with E-state index in [0.29, 0.717) is 67.6 Å². The van der Waals surface area contributed by atoms with E-state index in [1.165, 1.54) is 11.3 Å². The highest BCUT2D eigenvalue weighted by atomic mass is 32.1. The zero-order valence-electron chi connectivity index (χ0n) is 26.3. The number of nitrogens with one attached hydrogen (secondary N) is 1. The molecule has 3 aromatic carbocycles. The van der Waals surface area contributed by atoms with E-state index in [0.717, 1.165) is 32.7 Å². The number of nitrogens with zero attached hydrogens (tertiary/aromatic N) is 4. The first-order valence-electron chi connectivity index (χ1n) is 15.5. The predicted octanol–water partition coefficient (Wildman–Crippen LogP) is 6.13. The minimum absolute atomic E-state index is 0.0378. The Labute approximate surface area is 277 Å². The number of carboxylic acids is 1. The van der Waals surface area contributed by atoms with Crippen molar-refractivity contribution in [3.63, 3.8) is 0 Å². The topological polar surface area (TPSA) is 108 Å². The average Bonchev–Trinajstić information content (AvgIpc) is 3.49. The fourth-order valence-electron chi connectivity index (χ4n) is 5.51. The third-order valence-electron chi connectivity index (χ3n) is 7.86. The molecule has 238 valence electrons. The van der Waals surface area contributed by atoms with Crippen molar-refractivity contribution in [3.8, 4) is 17.6 Å². The third-order valence-corrected chi connectivity index (χ3v) is 8.82. The molecule has 2 aromatic heterocycles. The molecule has 5 aromatic rings. The zero-order chi connectivity index (χ0) is 32.8. The Morgan fingerprint density at radius 1 is 1.02 bits per heavy atom. The van der Waals surface area contributed by atoms with Gasteiger partial charge in [0.15, 0.2) is 10.8 Å². The largest absolute Gasteiger partial charge is 0.494 e. The number of hydrogen-bond donors (Lipinski definition) is 2. The number of pyridine rings is 1. The molecular weight excluding hydrogens is 611 g/mol. The van der Waals surface area contributed by atoms with E-state index in [9.17, 15) is 14.7 Å². The maximum absolute atomic E-state index is 13.4. The second-order valence-corrected chi connectivity index (χ2v) is 12.6. The van der Waals surface area contributed by atoms with Crippen LogP contribution in [0.15, 0.2) is 78.9 Å². The second-order valence-electron chi connectivity index (χ2n) is 11.6. The minimum atomic E-state index is -1.07. The highest BCUT2D eigenvalue weighted by Gasteiger charge is 2.24. The van der Waals surface area contributed by atoms with Gasteiger partial charge in [0.25, 0.3) is 5.91 Å². The van der Waals surface area contributed by atoms with E-state index < -0.39 is 5.97 Å². The van der Waals surface area contributed by atoms with Crippen LogP contribution in [0.5, 0.6) is 5.75 Å². The van der Waals surface area contributed by atoms with Crippen LogP contribution in [0.2, 0.25) is 0 Å². The number of thiazole rings is 1. The summed E-state index contributed by atoms with van der Waals surface area (Å²) in [5, 5.41) is 13.5. The van der Waals surface area contributed by atoms with Crippen molar-refractivity contribution in [1.82, 2.24) is 14.9 Å². The van der Waals surface area contributed by atoms with Crippen LogP contribution in [0.4, 0.5) is 10.9 Å². The van der Waals surface area contributed by atoms with Gasteiger partial charge in [-0.2, -0.15) is 0 Å². The van der Waals surface area contributed by atoms with Crippen molar-refractivity contribution in [2.45, 2.75) is 25.8 Å². The maximum atomic E-state index is 13.4. The number of carbonyl (C=O) groups excluding carboxylic acids is 1. The van der Waals surface area contributed by atoms with E-state index in [-0.39, 0.29) is 11.6 Å². The quantitative estimate of drug-likeness (QED) is 0.138. The van der Waals surface area contributed by atoms with Gasteiger partial charge in [-0.25, -0.2) is 14.8 Å². The van der Waals surface area contributed by atoms with Crippen molar-refractivity contribution in [1.29, 1.82) is 0 Å². The van der Waals surface area contributed by atoms with Crippen LogP contribution in [-0.2, 0) is 19.4 Å². The zero-order valence-corrected chi connectivity index (χ0v) is 27.1. The van der Waals surface area contributed by atoms with Gasteiger partial charge in [-0.05, 0) is 98.6 Å². The van der Waals surface area contributed by atoms with Gasteiger partial charge in [0.2, 0.25) is 0 Å². The van der Waals surface area contributed by atoms with E-state index in [2.05, 4.69) is 27.1 Å². The molecule has 0 saturated heterocycles. The molecule has 47 heavy (non-hydrogen) atoms. The lowest BCUT2D eigenvalue weighted by Crippen LogP contribution is -2.33. The summed E-state index contributed by atoms with van der Waals surface area (Å²) in [5.41, 5.74) is 5.05. The molecular formula is C37H35N5O4S. The Kier molecular flexibility index (Phi) is 9.76. The van der Waals surface area contributed by atoms with Crippen LogP contribution < -0.4 is 15.0 Å². The summed E-state index contributed by atoms with van der Waals surface area (Å²) >= 11 is 1.44. The van der Waals surface area contributed by atoms with Gasteiger partial charge in [-0.15, -0.1) is 0 Å². The number of aromatic carboxylic acids is 1. The maximum Gasteiger partial charge on any atom is 0.354 e. The predicted molar refractivity (Wildman–Crippen MR) is 186 cm³/mol. The Morgan fingerprint density at radius 2 is 1.85 bits per heavy atom. The summed E-state index contributed by atoms with van der Waals surface area (Å²) in [7, 11) is 3.96. The number of fused-ring (bicyclic) bond motifs is 2. The number of hydrogen-bond acceptors (Lipinski definition) is 8. The molecule has 0 fully saturated rings. The number of anilines is 2. The summed E-state index contributed by atoms with van der Waals surface area (Å²) in [4.78, 5) is 38.8. The second kappa shape index (κ2) is 14.5. The number of carbonyl (C=O) groups is 2. The molecule has 0 radical (unpaired) electrons. The minimum Gasteiger partial charge on any atom is -0.494 e. The van der Waals surface area contributed by atoms with Crippen LogP contribution in [0.25, 0.3) is 10.2 Å². The molecule has 0 aliphatic carbocycles. The summed E-state index contributed by atoms with van der Waals surface area (Å²) in [5.74, 6) is 6.27. The van der Waals surface area contributed by atoms with Gasteiger partial charge in [0.1, 0.15) is 11.6 Å². The summed E-state index contributed by atoms with van der Waals surface area (Å²) in [6.07, 6.45) is 1.86. The van der Waals surface area contributed by atoms with Gasteiger partial charge in [0, 0.05) is 24.2 Å². The van der Waals surface area contributed by atoms with E-state index >= 15 is 0 Å². The molecule has 0 spiro atoms. The lowest BCUT2D eigenvalue weighted by atomic mass is 9.94. The van der Waals surface area contributed by atoms with Gasteiger partial charge >= 0.3 is 5.97 Å². The van der Waals surface area contributed by atoms with Crippen molar-refractivity contribution < 1.29 is 19.4 Å². The first-order valence-corrected chi connectivity index (χ1v) is 16.3. The number of carboxylic acid groups (broad SMARTS) is 1. The molecule has 10 heteroatoms. The van der Waals surface area contributed by atoms with Crippen molar-refractivity contribution in [2.75, 3.05) is 44.0 Å². The smallest absolute Gasteiger partial charge is 0.354 e. The Morgan fingerprint density at radius 3 is 2.64 bits per heavy atom. The van der Waals surface area contributed by atoms with Crippen molar-refractivity contribution in [2.24, 2.45) is 0 Å². The number of rotatable bonds is 10. The van der Waals surface area contributed by atoms with Crippen LogP contribution in [0, 0.1) is 11.8 Å². The average molecular weight is 646 g/mol. The Balaban J connectivity index is 1.09. The molecule has 2 N–H and O–H groups in total. The number of para-hydroxylation sites is 1. The van der Waals surface area contributed by atoms with Crippen LogP contribution >= 0.6 is 11.3 Å². The highest BCUT2D eigenvalue weighted by molar-refractivity contribution is 7.22. The highest BCUT2D eigenvalue weighted by Crippen LogP contribution is 2.29. The Hall–Kier alpha value is -5.24. The fourth-order valence-corrected chi connectivity index (χ4v) is 6.37. The molecule has 9 nitrogen and oxygen atoms in total. The lowest BCUT2D eigenvalue weighted by molar-refractivity contribution is 0.0689. The molecule has 1 aliphatic heterocycles. The molecule has 0 bridgehead atoms. The number of aromatic nitrogens is 2. The Bertz CT molecular complexity index is 1940. The number of amides is 1. The van der Waals surface area contributed by atoms with Crippen molar-refractivity contribution >= 4 is 44.4 Å². The third kappa shape index (κ3) is 7.77. The van der Waals surface area contributed by atoms with E-state index in [1.54, 1.807) is 0 Å². The molecule has 0 atom stereocenters. The molecule has 1 amide bonds. The summed E-state index contributed by atoms with van der Waals surface area (Å²) < 4.78 is 6.90. The normalized spacial score (nSPS) is 12.4. The first-order chi connectivity index (χ1) is 22.8. The monoisotopic (exact) mass is 645 g/mol. The van der Waals surface area contributed by atoms with Gasteiger partial charge in [-0.1, -0.05) is 53.5 Å². The number of benzene rings is 3. The number of ether oxygens (including phenoxy) is 1. The summed E-state index contributed by atoms with van der Waals surface area (Å²) in [6.45, 7) is 2.25. The first kappa shape index (κ1) is 31.7.